The summed E-state index contributed by atoms with van der Waals surface area (Å²) in [6.07, 6.45) is 3.04. The van der Waals surface area contributed by atoms with E-state index in [-0.39, 0.29) is 5.97 Å². The minimum absolute atomic E-state index is 0.100. The highest BCUT2D eigenvalue weighted by Crippen LogP contribution is 2.26. The van der Waals surface area contributed by atoms with Crippen LogP contribution in [0.15, 0.2) is 0 Å². The number of hydrogen-bond donors (Lipinski definition) is 0. The quantitative estimate of drug-likeness (QED) is 0.669. The number of carbonyl (C=O) groups excluding carboxylic acids is 1. The smallest absolute Gasteiger partial charge is 0.307 e. The molecule has 15 heavy (non-hydrogen) atoms. The van der Waals surface area contributed by atoms with Gasteiger partial charge in [-0.25, -0.2) is 0 Å². The van der Waals surface area contributed by atoms with Gasteiger partial charge in [-0.1, -0.05) is 13.8 Å². The Morgan fingerprint density at radius 3 is 2.67 bits per heavy atom. The molecular formula is C12H23NO2. The third-order valence-electron chi connectivity index (χ3n) is 3.37. The highest BCUT2D eigenvalue weighted by atomic mass is 16.5. The monoisotopic (exact) mass is 213 g/mol. The first-order valence-corrected chi connectivity index (χ1v) is 5.88. The van der Waals surface area contributed by atoms with Gasteiger partial charge in [0.1, 0.15) is 0 Å². The lowest BCUT2D eigenvalue weighted by molar-refractivity contribution is -0.142. The highest BCUT2D eigenvalue weighted by molar-refractivity contribution is 5.69. The topological polar surface area (TPSA) is 29.5 Å². The van der Waals surface area contributed by atoms with E-state index >= 15 is 0 Å². The third kappa shape index (κ3) is 3.20. The molecule has 3 heteroatoms. The maximum atomic E-state index is 11.2. The van der Waals surface area contributed by atoms with E-state index < -0.39 is 0 Å². The fourth-order valence-electron chi connectivity index (χ4n) is 2.52. The number of likely N-dealkylation sites (tertiary alicyclic amines) is 1. The molecule has 88 valence electrons. The number of methoxy groups -OCH3 is 1. The van der Waals surface area contributed by atoms with Crippen LogP contribution in [0, 0.1) is 5.92 Å². The number of nitrogens with zero attached hydrogens (tertiary/aromatic N) is 1. The second-order valence-corrected chi connectivity index (χ2v) is 4.82. The molecule has 0 bridgehead atoms. The number of ether oxygens (including phenoxy) is 1. The van der Waals surface area contributed by atoms with Crippen molar-refractivity contribution in [2.24, 2.45) is 5.92 Å². The molecule has 0 spiro atoms. The molecule has 0 N–H and O–H groups in total. The maximum absolute atomic E-state index is 11.2. The van der Waals surface area contributed by atoms with Gasteiger partial charge in [0.15, 0.2) is 0 Å². The van der Waals surface area contributed by atoms with Crippen molar-refractivity contribution in [1.82, 2.24) is 4.90 Å². The van der Waals surface area contributed by atoms with E-state index in [1.807, 2.05) is 0 Å². The average molecular weight is 213 g/mol. The van der Waals surface area contributed by atoms with Crippen LogP contribution in [0.5, 0.6) is 0 Å². The van der Waals surface area contributed by atoms with Crippen LogP contribution in [-0.4, -0.2) is 36.6 Å². The normalized spacial score (nSPS) is 24.5. The van der Waals surface area contributed by atoms with E-state index in [9.17, 15) is 4.79 Å². The fourth-order valence-corrected chi connectivity index (χ4v) is 2.52. The molecule has 1 aliphatic rings. The summed E-state index contributed by atoms with van der Waals surface area (Å²) in [6.45, 7) is 7.76. The average Bonchev–Trinajstić information content (AvgIpc) is 2.65. The molecule has 1 heterocycles. The largest absolute Gasteiger partial charge is 0.469 e. The van der Waals surface area contributed by atoms with Gasteiger partial charge in [0.2, 0.25) is 0 Å². The van der Waals surface area contributed by atoms with Crippen LogP contribution in [-0.2, 0) is 9.53 Å². The fraction of sp³-hybridized carbons (Fsp3) is 0.917. The molecule has 0 aromatic carbocycles. The summed E-state index contributed by atoms with van der Waals surface area (Å²) in [4.78, 5) is 13.7. The molecule has 0 aromatic rings. The Morgan fingerprint density at radius 1 is 1.47 bits per heavy atom. The molecule has 0 amide bonds. The third-order valence-corrected chi connectivity index (χ3v) is 3.37. The van der Waals surface area contributed by atoms with Gasteiger partial charge >= 0.3 is 5.97 Å². The summed E-state index contributed by atoms with van der Waals surface area (Å²) in [7, 11) is 1.46. The summed E-state index contributed by atoms with van der Waals surface area (Å²) in [6, 6.07) is 0.956. The van der Waals surface area contributed by atoms with Crippen LogP contribution in [0.1, 0.15) is 40.0 Å². The van der Waals surface area contributed by atoms with Crippen molar-refractivity contribution in [1.29, 1.82) is 0 Å². The van der Waals surface area contributed by atoms with Gasteiger partial charge in [-0.2, -0.15) is 0 Å². The molecule has 0 aliphatic carbocycles. The number of rotatable bonds is 4. The molecule has 1 rings (SSSR count). The molecule has 1 fully saturated rings. The first kappa shape index (κ1) is 12.5. The van der Waals surface area contributed by atoms with Gasteiger partial charge in [0, 0.05) is 12.1 Å². The van der Waals surface area contributed by atoms with E-state index in [4.69, 9.17) is 4.74 Å². The molecule has 2 atom stereocenters. The van der Waals surface area contributed by atoms with Crippen LogP contribution in [0.2, 0.25) is 0 Å². The number of hydrogen-bond acceptors (Lipinski definition) is 3. The molecule has 1 saturated heterocycles. The maximum Gasteiger partial charge on any atom is 0.307 e. The van der Waals surface area contributed by atoms with Crippen molar-refractivity contribution >= 4 is 5.97 Å². The highest BCUT2D eigenvalue weighted by Gasteiger charge is 2.31. The van der Waals surface area contributed by atoms with E-state index in [0.29, 0.717) is 24.4 Å². The molecular weight excluding hydrogens is 190 g/mol. The Balaban J connectivity index is 2.50. The zero-order valence-corrected chi connectivity index (χ0v) is 10.3. The zero-order valence-electron chi connectivity index (χ0n) is 10.3. The van der Waals surface area contributed by atoms with Crippen LogP contribution in [0.4, 0.5) is 0 Å². The predicted octanol–water partition coefficient (Wildman–Crippen LogP) is 2.06. The SMILES string of the molecule is COC(=O)CC(C)N1CCCC1C(C)C. The van der Waals surface area contributed by atoms with E-state index in [2.05, 4.69) is 25.7 Å². The van der Waals surface area contributed by atoms with E-state index in [0.717, 1.165) is 6.54 Å². The molecule has 0 saturated carbocycles. The van der Waals surface area contributed by atoms with Crippen molar-refractivity contribution in [2.75, 3.05) is 13.7 Å². The minimum atomic E-state index is -0.100. The van der Waals surface area contributed by atoms with Gasteiger partial charge in [-0.15, -0.1) is 0 Å². The van der Waals surface area contributed by atoms with Crippen molar-refractivity contribution in [3.63, 3.8) is 0 Å². The van der Waals surface area contributed by atoms with E-state index in [1.54, 1.807) is 0 Å². The number of carbonyl (C=O) groups is 1. The first-order chi connectivity index (χ1) is 7.06. The molecule has 0 radical (unpaired) electrons. The Morgan fingerprint density at radius 2 is 2.13 bits per heavy atom. The number of esters is 1. The zero-order chi connectivity index (χ0) is 11.4. The van der Waals surface area contributed by atoms with Gasteiger partial charge in [-0.3, -0.25) is 9.69 Å². The lowest BCUT2D eigenvalue weighted by atomic mass is 10.0. The summed E-state index contributed by atoms with van der Waals surface area (Å²) in [5.74, 6) is 0.574. The van der Waals surface area contributed by atoms with Crippen molar-refractivity contribution in [2.45, 2.75) is 52.1 Å². The lowest BCUT2D eigenvalue weighted by Crippen LogP contribution is -2.41. The van der Waals surface area contributed by atoms with Gasteiger partial charge in [0.05, 0.1) is 13.5 Å². The van der Waals surface area contributed by atoms with Crippen molar-refractivity contribution in [3.05, 3.63) is 0 Å². The lowest BCUT2D eigenvalue weighted by Gasteiger charge is -2.32. The Bertz CT molecular complexity index is 216. The molecule has 3 nitrogen and oxygen atoms in total. The van der Waals surface area contributed by atoms with Gasteiger partial charge < -0.3 is 4.74 Å². The summed E-state index contributed by atoms with van der Waals surface area (Å²) < 4.78 is 4.71. The molecule has 1 aliphatic heterocycles. The van der Waals surface area contributed by atoms with Gasteiger partial charge in [-0.05, 0) is 32.2 Å². The van der Waals surface area contributed by atoms with Crippen LogP contribution in [0.3, 0.4) is 0 Å². The van der Waals surface area contributed by atoms with Gasteiger partial charge in [0.25, 0.3) is 0 Å². The second-order valence-electron chi connectivity index (χ2n) is 4.82. The minimum Gasteiger partial charge on any atom is -0.469 e. The molecule has 2 unspecified atom stereocenters. The predicted molar refractivity (Wildman–Crippen MR) is 60.7 cm³/mol. The summed E-state index contributed by atoms with van der Waals surface area (Å²) >= 11 is 0. The van der Waals surface area contributed by atoms with Crippen molar-refractivity contribution < 1.29 is 9.53 Å². The first-order valence-electron chi connectivity index (χ1n) is 5.88. The van der Waals surface area contributed by atoms with Crippen LogP contribution < -0.4 is 0 Å². The van der Waals surface area contributed by atoms with Crippen LogP contribution >= 0.6 is 0 Å². The van der Waals surface area contributed by atoms with E-state index in [1.165, 1.54) is 20.0 Å². The summed E-state index contributed by atoms with van der Waals surface area (Å²) in [5.41, 5.74) is 0. The Kier molecular flexibility index (Phi) is 4.58. The summed E-state index contributed by atoms with van der Waals surface area (Å²) in [5, 5.41) is 0. The standard InChI is InChI=1S/C12H23NO2/c1-9(2)11-6-5-7-13(11)10(3)8-12(14)15-4/h9-11H,5-8H2,1-4H3. The Labute approximate surface area is 92.8 Å². The molecule has 0 aromatic heterocycles. The van der Waals surface area contributed by atoms with Crippen LogP contribution in [0.25, 0.3) is 0 Å². The Hall–Kier alpha value is -0.570. The second kappa shape index (κ2) is 5.50. The van der Waals surface area contributed by atoms with Crippen molar-refractivity contribution in [3.8, 4) is 0 Å².